The molecule has 0 atom stereocenters. The fraction of sp³-hybridized carbons (Fsp3) is 0.500. The van der Waals surface area contributed by atoms with Gasteiger partial charge < -0.3 is 10.1 Å². The van der Waals surface area contributed by atoms with Crippen LogP contribution in [-0.2, 0) is 6.42 Å². The van der Waals surface area contributed by atoms with E-state index in [0.717, 1.165) is 6.42 Å². The normalized spacial score (nSPS) is 10.2. The predicted octanol–water partition coefficient (Wildman–Crippen LogP) is 1.92. The van der Waals surface area contributed by atoms with Crippen molar-refractivity contribution < 1.29 is 4.92 Å². The van der Waals surface area contributed by atoms with Crippen LogP contribution in [0.2, 0.25) is 5.28 Å². The molecule has 1 rings (SSSR count). The molecule has 0 saturated carbocycles. The maximum Gasteiger partial charge on any atom is 0.344 e. The van der Waals surface area contributed by atoms with E-state index in [1.807, 2.05) is 6.92 Å². The van der Waals surface area contributed by atoms with Crippen LogP contribution in [0.5, 0.6) is 0 Å². The average Bonchev–Trinajstić information content (AvgIpc) is 2.32. The van der Waals surface area contributed by atoms with E-state index in [0.29, 0.717) is 12.1 Å². The van der Waals surface area contributed by atoms with Gasteiger partial charge in [0, 0.05) is 0 Å². The summed E-state index contributed by atoms with van der Waals surface area (Å²) in [5, 5.41) is 10.5. The number of aromatic amines is 1. The molecule has 0 aliphatic rings. The van der Waals surface area contributed by atoms with E-state index in [1.165, 1.54) is 0 Å². The van der Waals surface area contributed by atoms with Crippen LogP contribution >= 0.6 is 11.6 Å². The van der Waals surface area contributed by atoms with Crippen LogP contribution in [0.4, 0.5) is 5.82 Å². The summed E-state index contributed by atoms with van der Waals surface area (Å²) in [6, 6.07) is 0. The zero-order chi connectivity index (χ0) is 9.14. The largest absolute Gasteiger partial charge is 0.358 e. The highest BCUT2D eigenvalue weighted by molar-refractivity contribution is 6.28. The number of halogens is 1. The van der Waals surface area contributed by atoms with Gasteiger partial charge in [0.05, 0.1) is 0 Å². The van der Waals surface area contributed by atoms with Crippen molar-refractivity contribution in [2.45, 2.75) is 19.8 Å². The molecular formula is C6H8ClN3O2. The van der Waals surface area contributed by atoms with Crippen molar-refractivity contribution in [3.8, 4) is 0 Å². The van der Waals surface area contributed by atoms with E-state index in [2.05, 4.69) is 9.97 Å². The molecule has 0 bridgehead atoms. The Kier molecular flexibility index (Phi) is 2.65. The first-order chi connectivity index (χ1) is 5.65. The second-order valence-electron chi connectivity index (χ2n) is 2.33. The summed E-state index contributed by atoms with van der Waals surface area (Å²) in [6.07, 6.45) is 1.38. The van der Waals surface area contributed by atoms with Gasteiger partial charge in [-0.15, -0.1) is 0 Å². The molecule has 0 aromatic carbocycles. The van der Waals surface area contributed by atoms with E-state index in [9.17, 15) is 10.1 Å². The monoisotopic (exact) mass is 189 g/mol. The van der Waals surface area contributed by atoms with Gasteiger partial charge in [-0.1, -0.05) is 13.3 Å². The molecule has 0 radical (unpaired) electrons. The Balaban J connectivity index is 2.99. The molecule has 5 nitrogen and oxygen atoms in total. The molecular weight excluding hydrogens is 182 g/mol. The van der Waals surface area contributed by atoms with E-state index >= 15 is 0 Å². The molecule has 0 unspecified atom stereocenters. The van der Waals surface area contributed by atoms with Gasteiger partial charge in [-0.05, 0) is 22.9 Å². The minimum absolute atomic E-state index is 0.0742. The number of hydrogen-bond donors (Lipinski definition) is 1. The van der Waals surface area contributed by atoms with Gasteiger partial charge in [0.25, 0.3) is 5.28 Å². The quantitative estimate of drug-likeness (QED) is 0.583. The highest BCUT2D eigenvalue weighted by atomic mass is 35.5. The number of aromatic nitrogens is 2. The van der Waals surface area contributed by atoms with Gasteiger partial charge in [-0.2, -0.15) is 4.98 Å². The van der Waals surface area contributed by atoms with Crippen LogP contribution in [0.1, 0.15) is 19.0 Å². The highest BCUT2D eigenvalue weighted by Crippen LogP contribution is 2.18. The van der Waals surface area contributed by atoms with Gasteiger partial charge >= 0.3 is 5.82 Å². The second kappa shape index (κ2) is 3.53. The van der Waals surface area contributed by atoms with Crippen LogP contribution in [0, 0.1) is 10.1 Å². The third kappa shape index (κ3) is 1.73. The zero-order valence-corrected chi connectivity index (χ0v) is 7.26. The highest BCUT2D eigenvalue weighted by Gasteiger charge is 2.17. The third-order valence-corrected chi connectivity index (χ3v) is 1.58. The Morgan fingerprint density at radius 1 is 1.75 bits per heavy atom. The van der Waals surface area contributed by atoms with E-state index in [-0.39, 0.29) is 11.1 Å². The minimum Gasteiger partial charge on any atom is -0.358 e. The second-order valence-corrected chi connectivity index (χ2v) is 2.69. The Bertz CT molecular complexity index is 297. The summed E-state index contributed by atoms with van der Waals surface area (Å²) in [6.45, 7) is 1.92. The molecule has 12 heavy (non-hydrogen) atoms. The zero-order valence-electron chi connectivity index (χ0n) is 6.50. The smallest absolute Gasteiger partial charge is 0.344 e. The molecule has 0 fully saturated rings. The van der Waals surface area contributed by atoms with Crippen molar-refractivity contribution >= 4 is 17.4 Å². The molecule has 0 spiro atoms. The SMILES string of the molecule is CCCc1nc(Cl)[nH]c1[N+](=O)[O-]. The van der Waals surface area contributed by atoms with E-state index < -0.39 is 4.92 Å². The lowest BCUT2D eigenvalue weighted by molar-refractivity contribution is -0.390. The van der Waals surface area contributed by atoms with Gasteiger partial charge in [-0.25, -0.2) is 4.98 Å². The van der Waals surface area contributed by atoms with Crippen molar-refractivity contribution in [1.29, 1.82) is 0 Å². The van der Waals surface area contributed by atoms with Crippen LogP contribution in [0.15, 0.2) is 0 Å². The molecule has 1 heterocycles. The van der Waals surface area contributed by atoms with Crippen LogP contribution in [-0.4, -0.2) is 14.9 Å². The molecule has 1 aromatic heterocycles. The maximum atomic E-state index is 10.4. The number of nitrogens with zero attached hydrogens (tertiary/aromatic N) is 2. The van der Waals surface area contributed by atoms with Gasteiger partial charge in [0.2, 0.25) is 0 Å². The van der Waals surface area contributed by atoms with Crippen molar-refractivity contribution in [2.75, 3.05) is 0 Å². The number of imidazole rings is 1. The topological polar surface area (TPSA) is 71.8 Å². The summed E-state index contributed by atoms with van der Waals surface area (Å²) >= 11 is 5.47. The molecule has 0 aliphatic carbocycles. The first kappa shape index (κ1) is 8.99. The fourth-order valence-corrected chi connectivity index (χ4v) is 1.12. The van der Waals surface area contributed by atoms with E-state index in [1.54, 1.807) is 0 Å². The van der Waals surface area contributed by atoms with Crippen LogP contribution in [0.3, 0.4) is 0 Å². The van der Waals surface area contributed by atoms with Crippen LogP contribution < -0.4 is 0 Å². The van der Waals surface area contributed by atoms with Gasteiger partial charge in [0.15, 0.2) is 0 Å². The summed E-state index contributed by atoms with van der Waals surface area (Å²) in [4.78, 5) is 16.0. The first-order valence-corrected chi connectivity index (χ1v) is 3.91. The Labute approximate surface area is 73.9 Å². The van der Waals surface area contributed by atoms with E-state index in [4.69, 9.17) is 11.6 Å². The molecule has 0 saturated heterocycles. The summed E-state index contributed by atoms with van der Waals surface area (Å²) < 4.78 is 0. The van der Waals surface area contributed by atoms with Crippen molar-refractivity contribution in [3.63, 3.8) is 0 Å². The number of aryl methyl sites for hydroxylation is 1. The molecule has 0 amide bonds. The van der Waals surface area contributed by atoms with Crippen molar-refractivity contribution in [3.05, 3.63) is 21.1 Å². The number of rotatable bonds is 3. The lowest BCUT2D eigenvalue weighted by atomic mass is 10.2. The Morgan fingerprint density at radius 2 is 2.42 bits per heavy atom. The first-order valence-electron chi connectivity index (χ1n) is 3.54. The standard InChI is InChI=1S/C6H8ClN3O2/c1-2-3-4-5(10(11)12)9-6(7)8-4/h2-3H2,1H3,(H,8,9). The molecule has 1 aromatic rings. The van der Waals surface area contributed by atoms with Gasteiger partial charge in [0.1, 0.15) is 5.69 Å². The van der Waals surface area contributed by atoms with Crippen LogP contribution in [0.25, 0.3) is 0 Å². The number of hydrogen-bond acceptors (Lipinski definition) is 3. The number of nitro groups is 1. The number of H-pyrrole nitrogens is 1. The lowest BCUT2D eigenvalue weighted by Crippen LogP contribution is -1.93. The minimum atomic E-state index is -0.510. The molecule has 66 valence electrons. The predicted molar refractivity (Wildman–Crippen MR) is 44.2 cm³/mol. The van der Waals surface area contributed by atoms with Gasteiger partial charge in [-0.3, -0.25) is 0 Å². The molecule has 1 N–H and O–H groups in total. The molecule has 0 aliphatic heterocycles. The summed E-state index contributed by atoms with van der Waals surface area (Å²) in [7, 11) is 0. The van der Waals surface area contributed by atoms with Crippen molar-refractivity contribution in [1.82, 2.24) is 9.97 Å². The average molecular weight is 190 g/mol. The summed E-state index contributed by atoms with van der Waals surface area (Å²) in [5.41, 5.74) is 0.424. The molecule has 6 heteroatoms. The third-order valence-electron chi connectivity index (χ3n) is 1.40. The van der Waals surface area contributed by atoms with Crippen molar-refractivity contribution in [2.24, 2.45) is 0 Å². The number of nitrogens with one attached hydrogen (secondary N) is 1. The summed E-state index contributed by atoms with van der Waals surface area (Å²) in [5.74, 6) is -0.0955. The Morgan fingerprint density at radius 3 is 2.92 bits per heavy atom. The maximum absolute atomic E-state index is 10.4. The fourth-order valence-electron chi connectivity index (χ4n) is 0.931. The Hall–Kier alpha value is -1.10. The lowest BCUT2D eigenvalue weighted by Gasteiger charge is -1.92.